The number of anilines is 1. The van der Waals surface area contributed by atoms with Gasteiger partial charge in [0.15, 0.2) is 0 Å². The van der Waals surface area contributed by atoms with Gasteiger partial charge in [0.2, 0.25) is 5.91 Å². The molecule has 2 aromatic rings. The van der Waals surface area contributed by atoms with Crippen LogP contribution in [0.3, 0.4) is 0 Å². The monoisotopic (exact) mass is 403 g/mol. The quantitative estimate of drug-likeness (QED) is 0.668. The lowest BCUT2D eigenvalue weighted by Crippen LogP contribution is -2.17. The highest BCUT2D eigenvalue weighted by Crippen LogP contribution is 2.38. The predicted octanol–water partition coefficient (Wildman–Crippen LogP) is 4.22. The lowest BCUT2D eigenvalue weighted by molar-refractivity contribution is -0.116. The minimum Gasteiger partial charge on any atom is -0.497 e. The van der Waals surface area contributed by atoms with Crippen molar-refractivity contribution in [1.82, 2.24) is 0 Å². The summed E-state index contributed by atoms with van der Waals surface area (Å²) in [5.41, 5.74) is 1.57. The average Bonchev–Trinajstić information content (AvgIpc) is 3.06. The molecule has 6 nitrogen and oxygen atoms in total. The first-order valence-electron chi connectivity index (χ1n) is 9.50. The summed E-state index contributed by atoms with van der Waals surface area (Å²) in [6.07, 6.45) is 4.16. The van der Waals surface area contributed by atoms with E-state index < -0.39 is 0 Å². The largest absolute Gasteiger partial charge is 0.497 e. The SMILES string of the molecule is CCOC(=O)c1c(NC(=O)CCOc2ccc(OC)cc2)sc2c1CCCC2. The Hall–Kier alpha value is -2.54. The highest BCUT2D eigenvalue weighted by Gasteiger charge is 2.27. The van der Waals surface area contributed by atoms with Gasteiger partial charge in [-0.3, -0.25) is 4.79 Å². The van der Waals surface area contributed by atoms with Crippen LogP contribution in [0, 0.1) is 0 Å². The van der Waals surface area contributed by atoms with Crippen molar-refractivity contribution < 1.29 is 23.8 Å². The molecule has 0 fully saturated rings. The molecule has 0 saturated heterocycles. The van der Waals surface area contributed by atoms with Crippen molar-refractivity contribution in [2.75, 3.05) is 25.6 Å². The molecule has 0 aliphatic heterocycles. The molecule has 28 heavy (non-hydrogen) atoms. The number of amides is 1. The van der Waals surface area contributed by atoms with Crippen LogP contribution in [0.2, 0.25) is 0 Å². The summed E-state index contributed by atoms with van der Waals surface area (Å²) in [5.74, 6) is 0.884. The number of ether oxygens (including phenoxy) is 3. The molecule has 0 spiro atoms. The Kier molecular flexibility index (Phi) is 6.92. The van der Waals surface area contributed by atoms with E-state index in [4.69, 9.17) is 14.2 Å². The van der Waals surface area contributed by atoms with Gasteiger partial charge in [0.25, 0.3) is 0 Å². The van der Waals surface area contributed by atoms with Crippen molar-refractivity contribution in [3.05, 3.63) is 40.3 Å². The Morgan fingerprint density at radius 1 is 1.11 bits per heavy atom. The zero-order valence-electron chi connectivity index (χ0n) is 16.2. The molecule has 1 aromatic heterocycles. The van der Waals surface area contributed by atoms with Gasteiger partial charge < -0.3 is 19.5 Å². The van der Waals surface area contributed by atoms with E-state index in [9.17, 15) is 9.59 Å². The maximum absolute atomic E-state index is 12.4. The van der Waals surface area contributed by atoms with Crippen LogP contribution in [0.15, 0.2) is 24.3 Å². The summed E-state index contributed by atoms with van der Waals surface area (Å²) in [4.78, 5) is 26.0. The summed E-state index contributed by atoms with van der Waals surface area (Å²) in [5, 5.41) is 3.49. The highest BCUT2D eigenvalue weighted by molar-refractivity contribution is 7.17. The average molecular weight is 404 g/mol. The second kappa shape index (κ2) is 9.59. The van der Waals surface area contributed by atoms with Gasteiger partial charge in [-0.1, -0.05) is 0 Å². The van der Waals surface area contributed by atoms with Crippen LogP contribution in [0.1, 0.15) is 47.0 Å². The van der Waals surface area contributed by atoms with Crippen LogP contribution in [-0.4, -0.2) is 32.2 Å². The number of rotatable bonds is 8. The van der Waals surface area contributed by atoms with Crippen molar-refractivity contribution in [1.29, 1.82) is 0 Å². The van der Waals surface area contributed by atoms with E-state index in [1.807, 2.05) is 0 Å². The molecule has 0 atom stereocenters. The first kappa shape index (κ1) is 20.2. The Bertz CT molecular complexity index is 828. The number of esters is 1. The Morgan fingerprint density at radius 3 is 2.54 bits per heavy atom. The van der Waals surface area contributed by atoms with E-state index in [0.717, 1.165) is 37.0 Å². The number of carbonyl (C=O) groups excluding carboxylic acids is 2. The van der Waals surface area contributed by atoms with Gasteiger partial charge in [0.1, 0.15) is 16.5 Å². The maximum atomic E-state index is 12.4. The number of aryl methyl sites for hydroxylation is 1. The van der Waals surface area contributed by atoms with Gasteiger partial charge in [-0.15, -0.1) is 11.3 Å². The van der Waals surface area contributed by atoms with Gasteiger partial charge in [0, 0.05) is 4.88 Å². The van der Waals surface area contributed by atoms with Crippen molar-refractivity contribution in [2.24, 2.45) is 0 Å². The fourth-order valence-electron chi connectivity index (χ4n) is 3.20. The molecule has 7 heteroatoms. The molecule has 0 bridgehead atoms. The van der Waals surface area contributed by atoms with Crippen LogP contribution in [0.5, 0.6) is 11.5 Å². The number of carbonyl (C=O) groups is 2. The number of benzene rings is 1. The van der Waals surface area contributed by atoms with E-state index in [0.29, 0.717) is 22.9 Å². The smallest absolute Gasteiger partial charge is 0.341 e. The fourth-order valence-corrected chi connectivity index (χ4v) is 4.49. The van der Waals surface area contributed by atoms with Crippen LogP contribution in [-0.2, 0) is 22.4 Å². The molecule has 0 unspecified atom stereocenters. The molecule has 1 aliphatic rings. The van der Waals surface area contributed by atoms with Crippen molar-refractivity contribution >= 4 is 28.2 Å². The molecule has 1 heterocycles. The van der Waals surface area contributed by atoms with Gasteiger partial charge in [-0.2, -0.15) is 0 Å². The molecule has 0 saturated carbocycles. The van der Waals surface area contributed by atoms with Crippen LogP contribution >= 0.6 is 11.3 Å². The van der Waals surface area contributed by atoms with Crippen molar-refractivity contribution in [3.8, 4) is 11.5 Å². The highest BCUT2D eigenvalue weighted by atomic mass is 32.1. The maximum Gasteiger partial charge on any atom is 0.341 e. The van der Waals surface area contributed by atoms with Crippen LogP contribution in [0.4, 0.5) is 5.00 Å². The lowest BCUT2D eigenvalue weighted by Gasteiger charge is -2.12. The minimum absolute atomic E-state index is 0.183. The molecular weight excluding hydrogens is 378 g/mol. The number of methoxy groups -OCH3 is 1. The van der Waals surface area contributed by atoms with E-state index in [1.54, 1.807) is 38.3 Å². The van der Waals surface area contributed by atoms with Gasteiger partial charge >= 0.3 is 5.97 Å². The molecular formula is C21H25NO5S. The van der Waals surface area contributed by atoms with E-state index >= 15 is 0 Å². The van der Waals surface area contributed by atoms with Gasteiger partial charge in [-0.25, -0.2) is 4.79 Å². The number of hydrogen-bond donors (Lipinski definition) is 1. The third-order valence-corrected chi connectivity index (χ3v) is 5.77. The summed E-state index contributed by atoms with van der Waals surface area (Å²) < 4.78 is 15.9. The van der Waals surface area contributed by atoms with E-state index in [1.165, 1.54) is 16.2 Å². The number of thiophene rings is 1. The molecule has 1 aromatic carbocycles. The Balaban J connectivity index is 1.61. The molecule has 1 N–H and O–H groups in total. The lowest BCUT2D eigenvalue weighted by atomic mass is 9.95. The third kappa shape index (κ3) is 4.84. The molecule has 3 rings (SSSR count). The van der Waals surface area contributed by atoms with Gasteiger partial charge in [-0.05, 0) is 62.4 Å². The zero-order valence-corrected chi connectivity index (χ0v) is 17.0. The predicted molar refractivity (Wildman–Crippen MR) is 109 cm³/mol. The topological polar surface area (TPSA) is 73.9 Å². The number of fused-ring (bicyclic) bond motifs is 1. The Morgan fingerprint density at radius 2 is 1.82 bits per heavy atom. The van der Waals surface area contributed by atoms with Crippen molar-refractivity contribution in [3.63, 3.8) is 0 Å². The third-order valence-electron chi connectivity index (χ3n) is 4.56. The normalized spacial score (nSPS) is 12.8. The molecule has 0 radical (unpaired) electrons. The molecule has 150 valence electrons. The summed E-state index contributed by atoms with van der Waals surface area (Å²) in [6.45, 7) is 2.34. The minimum atomic E-state index is -0.355. The van der Waals surface area contributed by atoms with E-state index in [-0.39, 0.29) is 24.9 Å². The zero-order chi connectivity index (χ0) is 19.9. The first-order chi connectivity index (χ1) is 13.6. The number of nitrogens with one attached hydrogen (secondary N) is 1. The first-order valence-corrected chi connectivity index (χ1v) is 10.3. The molecule has 1 amide bonds. The summed E-state index contributed by atoms with van der Waals surface area (Å²) in [7, 11) is 1.60. The van der Waals surface area contributed by atoms with E-state index in [2.05, 4.69) is 5.32 Å². The van der Waals surface area contributed by atoms with Crippen LogP contribution < -0.4 is 14.8 Å². The van der Waals surface area contributed by atoms with Crippen molar-refractivity contribution in [2.45, 2.75) is 39.0 Å². The molecule has 1 aliphatic carbocycles. The standard InChI is InChI=1S/C21H25NO5S/c1-3-26-21(24)19-16-6-4-5-7-17(16)28-20(19)22-18(23)12-13-27-15-10-8-14(25-2)9-11-15/h8-11H,3-7,12-13H2,1-2H3,(H,22,23). The Labute approximate surface area is 168 Å². The summed E-state index contributed by atoms with van der Waals surface area (Å²) >= 11 is 1.49. The fraction of sp³-hybridized carbons (Fsp3) is 0.429. The van der Waals surface area contributed by atoms with Gasteiger partial charge in [0.05, 0.1) is 32.3 Å². The second-order valence-corrected chi connectivity index (χ2v) is 7.56. The number of hydrogen-bond acceptors (Lipinski definition) is 6. The van der Waals surface area contributed by atoms with Crippen LogP contribution in [0.25, 0.3) is 0 Å². The summed E-state index contributed by atoms with van der Waals surface area (Å²) in [6, 6.07) is 7.19. The second-order valence-electron chi connectivity index (χ2n) is 6.46.